The zero-order valence-corrected chi connectivity index (χ0v) is 9.07. The molecule has 1 saturated heterocycles. The van der Waals surface area contributed by atoms with E-state index in [1.54, 1.807) is 11.3 Å². The summed E-state index contributed by atoms with van der Waals surface area (Å²) >= 11 is 5.31. The average molecular weight is 247 g/mol. The summed E-state index contributed by atoms with van der Waals surface area (Å²) in [6, 6.07) is 2.50. The van der Waals surface area contributed by atoms with E-state index in [0.29, 0.717) is 6.04 Å². The fourth-order valence-electron chi connectivity index (χ4n) is 1.38. The van der Waals surface area contributed by atoms with E-state index < -0.39 is 0 Å². The predicted molar refractivity (Wildman–Crippen MR) is 55.3 cm³/mol. The van der Waals surface area contributed by atoms with Crippen LogP contribution in [0.15, 0.2) is 15.9 Å². The molecule has 2 N–H and O–H groups in total. The van der Waals surface area contributed by atoms with Gasteiger partial charge in [-0.3, -0.25) is 4.90 Å². The molecule has 1 aromatic heterocycles. The van der Waals surface area contributed by atoms with Gasteiger partial charge < -0.3 is 5.73 Å². The minimum atomic E-state index is 0.406. The molecular formula is C8H11BrN2S. The van der Waals surface area contributed by atoms with Gasteiger partial charge in [-0.2, -0.15) is 0 Å². The summed E-state index contributed by atoms with van der Waals surface area (Å²) in [5.41, 5.74) is 5.69. The minimum Gasteiger partial charge on any atom is -0.325 e. The molecule has 1 fully saturated rings. The highest BCUT2D eigenvalue weighted by atomic mass is 79.9. The van der Waals surface area contributed by atoms with Crippen molar-refractivity contribution in [2.45, 2.75) is 12.6 Å². The highest BCUT2D eigenvalue weighted by Crippen LogP contribution is 2.25. The summed E-state index contributed by atoms with van der Waals surface area (Å²) in [5.74, 6) is 0. The Bertz CT molecular complexity index is 268. The molecule has 2 nitrogen and oxygen atoms in total. The van der Waals surface area contributed by atoms with Gasteiger partial charge in [0.1, 0.15) is 0 Å². The molecule has 1 aliphatic heterocycles. The van der Waals surface area contributed by atoms with E-state index in [1.165, 1.54) is 9.35 Å². The van der Waals surface area contributed by atoms with E-state index in [1.807, 2.05) is 0 Å². The molecule has 12 heavy (non-hydrogen) atoms. The second-order valence-corrected chi connectivity index (χ2v) is 5.00. The highest BCUT2D eigenvalue weighted by Gasteiger charge is 2.23. The van der Waals surface area contributed by atoms with Gasteiger partial charge in [0.25, 0.3) is 0 Å². The molecule has 0 bridgehead atoms. The van der Waals surface area contributed by atoms with Crippen molar-refractivity contribution in [3.05, 3.63) is 20.8 Å². The first kappa shape index (κ1) is 8.69. The lowest BCUT2D eigenvalue weighted by Crippen LogP contribution is -2.54. The molecule has 0 aliphatic carbocycles. The molecule has 1 aromatic rings. The van der Waals surface area contributed by atoms with Crippen molar-refractivity contribution in [2.75, 3.05) is 13.1 Å². The molecule has 0 aromatic carbocycles. The summed E-state index contributed by atoms with van der Waals surface area (Å²) < 4.78 is 1.23. The van der Waals surface area contributed by atoms with Crippen LogP contribution in [0.5, 0.6) is 0 Å². The lowest BCUT2D eigenvalue weighted by molar-refractivity contribution is 0.143. The lowest BCUT2D eigenvalue weighted by atomic mass is 10.1. The van der Waals surface area contributed by atoms with E-state index in [0.717, 1.165) is 19.6 Å². The highest BCUT2D eigenvalue weighted by molar-refractivity contribution is 9.10. The summed E-state index contributed by atoms with van der Waals surface area (Å²) in [6.45, 7) is 3.14. The lowest BCUT2D eigenvalue weighted by Gasteiger charge is -2.36. The van der Waals surface area contributed by atoms with Crippen LogP contribution in [0, 0.1) is 0 Å². The number of thiophene rings is 1. The monoisotopic (exact) mass is 246 g/mol. The summed E-state index contributed by atoms with van der Waals surface area (Å²) in [4.78, 5) is 3.77. The third kappa shape index (κ3) is 1.71. The molecule has 0 saturated carbocycles. The summed E-state index contributed by atoms with van der Waals surface area (Å²) in [6.07, 6.45) is 0. The van der Waals surface area contributed by atoms with Crippen LogP contribution in [0.4, 0.5) is 0 Å². The molecule has 2 rings (SSSR count). The number of hydrogen-bond acceptors (Lipinski definition) is 3. The number of nitrogens with two attached hydrogens (primary N) is 1. The van der Waals surface area contributed by atoms with Gasteiger partial charge in [-0.1, -0.05) is 0 Å². The van der Waals surface area contributed by atoms with Crippen LogP contribution in [-0.4, -0.2) is 24.0 Å². The Morgan fingerprint density at radius 3 is 2.92 bits per heavy atom. The van der Waals surface area contributed by atoms with Crippen LogP contribution in [0.25, 0.3) is 0 Å². The normalized spacial score (nSPS) is 19.5. The zero-order chi connectivity index (χ0) is 8.55. The van der Waals surface area contributed by atoms with Crippen LogP contribution < -0.4 is 5.73 Å². The second-order valence-electron chi connectivity index (χ2n) is 3.15. The zero-order valence-electron chi connectivity index (χ0n) is 6.66. The number of halogens is 1. The van der Waals surface area contributed by atoms with Gasteiger partial charge in [0.05, 0.1) is 0 Å². The first-order chi connectivity index (χ1) is 5.75. The van der Waals surface area contributed by atoms with Gasteiger partial charge in [0.2, 0.25) is 0 Å². The predicted octanol–water partition coefficient (Wildman–Crippen LogP) is 1.65. The Hall–Kier alpha value is 0.100. The van der Waals surface area contributed by atoms with Crippen molar-refractivity contribution in [3.8, 4) is 0 Å². The molecule has 1 aliphatic rings. The van der Waals surface area contributed by atoms with Crippen molar-refractivity contribution in [1.82, 2.24) is 4.90 Å². The van der Waals surface area contributed by atoms with E-state index in [-0.39, 0.29) is 0 Å². The molecule has 0 atom stereocenters. The number of rotatable bonds is 2. The molecule has 2 heterocycles. The fraction of sp³-hybridized carbons (Fsp3) is 0.500. The standard InChI is InChI=1S/C8H11BrN2S/c9-7-1-2-12-8(7)5-11-3-6(10)4-11/h1-2,6H,3-5,10H2. The molecule has 4 heteroatoms. The Morgan fingerprint density at radius 1 is 1.67 bits per heavy atom. The Morgan fingerprint density at radius 2 is 2.42 bits per heavy atom. The largest absolute Gasteiger partial charge is 0.325 e. The molecule has 0 spiro atoms. The molecule has 0 radical (unpaired) electrons. The third-order valence-corrected chi connectivity index (χ3v) is 3.95. The van der Waals surface area contributed by atoms with Crippen molar-refractivity contribution < 1.29 is 0 Å². The number of likely N-dealkylation sites (tertiary alicyclic amines) is 1. The van der Waals surface area contributed by atoms with E-state index >= 15 is 0 Å². The maximum atomic E-state index is 5.69. The smallest absolute Gasteiger partial charge is 0.0340 e. The van der Waals surface area contributed by atoms with Crippen LogP contribution >= 0.6 is 27.3 Å². The topological polar surface area (TPSA) is 29.3 Å². The number of nitrogens with zero attached hydrogens (tertiary/aromatic N) is 1. The first-order valence-electron chi connectivity index (χ1n) is 3.95. The van der Waals surface area contributed by atoms with E-state index in [9.17, 15) is 0 Å². The third-order valence-electron chi connectivity index (χ3n) is 2.04. The van der Waals surface area contributed by atoms with Crippen molar-refractivity contribution in [1.29, 1.82) is 0 Å². The van der Waals surface area contributed by atoms with Gasteiger partial charge in [0.15, 0.2) is 0 Å². The van der Waals surface area contributed by atoms with Gasteiger partial charge in [-0.25, -0.2) is 0 Å². The van der Waals surface area contributed by atoms with Gasteiger partial charge in [-0.15, -0.1) is 11.3 Å². The molecule has 0 amide bonds. The van der Waals surface area contributed by atoms with E-state index in [2.05, 4.69) is 32.3 Å². The van der Waals surface area contributed by atoms with E-state index in [4.69, 9.17) is 5.73 Å². The Kier molecular flexibility index (Phi) is 2.50. The molecular weight excluding hydrogens is 236 g/mol. The van der Waals surface area contributed by atoms with Crippen LogP contribution in [-0.2, 0) is 6.54 Å². The van der Waals surface area contributed by atoms with Crippen LogP contribution in [0.2, 0.25) is 0 Å². The quantitative estimate of drug-likeness (QED) is 0.861. The summed E-state index contributed by atoms with van der Waals surface area (Å²) in [5, 5.41) is 2.11. The Labute approximate surface area is 84.5 Å². The van der Waals surface area contributed by atoms with Gasteiger partial charge in [0, 0.05) is 35.0 Å². The molecule has 0 unspecified atom stereocenters. The van der Waals surface area contributed by atoms with Gasteiger partial charge >= 0.3 is 0 Å². The average Bonchev–Trinajstić information content (AvgIpc) is 2.33. The maximum Gasteiger partial charge on any atom is 0.0340 e. The van der Waals surface area contributed by atoms with Crippen LogP contribution in [0.1, 0.15) is 4.88 Å². The summed E-state index contributed by atoms with van der Waals surface area (Å²) in [7, 11) is 0. The van der Waals surface area contributed by atoms with Crippen LogP contribution in [0.3, 0.4) is 0 Å². The van der Waals surface area contributed by atoms with Crippen molar-refractivity contribution in [2.24, 2.45) is 5.73 Å². The van der Waals surface area contributed by atoms with Gasteiger partial charge in [-0.05, 0) is 27.4 Å². The Balaban J connectivity index is 1.92. The second kappa shape index (κ2) is 3.46. The van der Waals surface area contributed by atoms with Crippen molar-refractivity contribution in [3.63, 3.8) is 0 Å². The SMILES string of the molecule is NC1CN(Cc2sccc2Br)C1. The molecule has 66 valence electrons. The first-order valence-corrected chi connectivity index (χ1v) is 5.63. The number of hydrogen-bond donors (Lipinski definition) is 1. The maximum absolute atomic E-state index is 5.69. The minimum absolute atomic E-state index is 0.406. The van der Waals surface area contributed by atoms with Crippen molar-refractivity contribution >= 4 is 27.3 Å². The fourth-order valence-corrected chi connectivity index (χ4v) is 2.90.